The first kappa shape index (κ1) is 11.2. The van der Waals surface area contributed by atoms with Crippen molar-refractivity contribution in [1.29, 1.82) is 0 Å². The number of aromatic nitrogens is 2. The Bertz CT molecular complexity index is 520. The third-order valence-corrected chi connectivity index (χ3v) is 3.94. The zero-order valence-electron chi connectivity index (χ0n) is 12.2. The van der Waals surface area contributed by atoms with Gasteiger partial charge in [-0.25, -0.2) is 9.97 Å². The van der Waals surface area contributed by atoms with Gasteiger partial charge in [-0.2, -0.15) is 0 Å². The lowest BCUT2D eigenvalue weighted by molar-refractivity contribution is 0.140. The number of piperidine rings is 1. The van der Waals surface area contributed by atoms with E-state index in [0.29, 0.717) is 12.2 Å². The molecule has 3 rings (SSSR count). The van der Waals surface area contributed by atoms with Crippen LogP contribution >= 0.6 is 0 Å². The van der Waals surface area contributed by atoms with Crippen LogP contribution < -0.4 is 0 Å². The Hall–Kier alpha value is -1.68. The molecule has 1 saturated heterocycles. The molecule has 1 aromatic heterocycles. The van der Waals surface area contributed by atoms with E-state index >= 15 is 0 Å². The highest BCUT2D eigenvalue weighted by Crippen LogP contribution is 2.30. The Balaban J connectivity index is 1.84. The second-order valence-corrected chi connectivity index (χ2v) is 5.24. The molecular formula is C15H20N4. The third kappa shape index (κ3) is 2.68. The molecule has 2 aliphatic heterocycles. The second kappa shape index (κ2) is 5.53. The van der Waals surface area contributed by atoms with E-state index in [0.717, 1.165) is 31.5 Å². The topological polar surface area (TPSA) is 32.3 Å². The zero-order chi connectivity index (χ0) is 13.9. The van der Waals surface area contributed by atoms with Gasteiger partial charge in [0.25, 0.3) is 0 Å². The summed E-state index contributed by atoms with van der Waals surface area (Å²) < 4.78 is 8.00. The first-order valence-electron chi connectivity index (χ1n) is 7.33. The van der Waals surface area contributed by atoms with E-state index in [2.05, 4.69) is 45.2 Å². The highest BCUT2D eigenvalue weighted by molar-refractivity contribution is 5.24. The van der Waals surface area contributed by atoms with Crippen LogP contribution in [0.1, 0.15) is 25.8 Å². The molecule has 100 valence electrons. The van der Waals surface area contributed by atoms with Crippen LogP contribution in [-0.4, -0.2) is 45.9 Å². The van der Waals surface area contributed by atoms with Gasteiger partial charge in [0.15, 0.2) is 0 Å². The summed E-state index contributed by atoms with van der Waals surface area (Å²) >= 11 is 0. The minimum absolute atomic E-state index is 0.0853. The Morgan fingerprint density at radius 1 is 1.26 bits per heavy atom. The average Bonchev–Trinajstić information content (AvgIpc) is 2.49. The molecule has 0 spiro atoms. The highest BCUT2D eigenvalue weighted by Gasteiger charge is 2.27. The van der Waals surface area contributed by atoms with E-state index in [1.165, 1.54) is 6.33 Å². The van der Waals surface area contributed by atoms with Crippen LogP contribution in [0.4, 0.5) is 0 Å². The number of hydrogen-bond acceptors (Lipinski definition) is 4. The highest BCUT2D eigenvalue weighted by atomic mass is 15.2. The summed E-state index contributed by atoms with van der Waals surface area (Å²) in [5.41, 5.74) is 0.882. The molecule has 1 aromatic rings. The number of likely N-dealkylation sites (tertiary alicyclic amines) is 1. The van der Waals surface area contributed by atoms with E-state index in [-0.39, 0.29) is 6.04 Å². The second-order valence-electron chi connectivity index (χ2n) is 5.24. The Labute approximate surface area is 115 Å². The molecule has 2 aliphatic rings. The summed E-state index contributed by atoms with van der Waals surface area (Å²) in [4.78, 5) is 12.8. The van der Waals surface area contributed by atoms with Crippen LogP contribution in [-0.2, 0) is 0 Å². The maximum atomic E-state index is 8.00. The molecule has 19 heavy (non-hydrogen) atoms. The molecule has 0 radical (unpaired) electrons. The van der Waals surface area contributed by atoms with Crippen molar-refractivity contribution < 1.29 is 1.37 Å². The fraction of sp³-hybridized carbons (Fsp3) is 0.467. The molecule has 0 aliphatic carbocycles. The van der Waals surface area contributed by atoms with E-state index in [1.54, 1.807) is 6.20 Å². The molecule has 1 fully saturated rings. The first-order chi connectivity index (χ1) is 9.75. The number of rotatable bonds is 2. The monoisotopic (exact) mass is 257 g/mol. The van der Waals surface area contributed by atoms with E-state index in [4.69, 9.17) is 1.37 Å². The van der Waals surface area contributed by atoms with Crippen molar-refractivity contribution in [2.75, 3.05) is 20.1 Å². The molecule has 4 nitrogen and oxygen atoms in total. The molecule has 0 saturated carbocycles. The largest absolute Gasteiger partial charge is 0.364 e. The standard InChI is InChI=1S/C15H20N4/c1-18-8-5-14(6-9-18)19-7-3-2-4-15(19)13-10-16-12-17-11-13/h2-4,7,10-12,14-15H,5-6,8-9H2,1H3/i10D. The van der Waals surface area contributed by atoms with Crippen LogP contribution in [0.25, 0.3) is 0 Å². The van der Waals surface area contributed by atoms with Gasteiger partial charge < -0.3 is 9.80 Å². The Morgan fingerprint density at radius 3 is 2.89 bits per heavy atom. The van der Waals surface area contributed by atoms with Gasteiger partial charge >= 0.3 is 0 Å². The van der Waals surface area contributed by atoms with Crippen LogP contribution in [0.5, 0.6) is 0 Å². The lowest BCUT2D eigenvalue weighted by Crippen LogP contribution is -2.43. The summed E-state index contributed by atoms with van der Waals surface area (Å²) in [6.45, 7) is 2.26. The Morgan fingerprint density at radius 2 is 2.11 bits per heavy atom. The average molecular weight is 257 g/mol. The van der Waals surface area contributed by atoms with Crippen molar-refractivity contribution in [3.63, 3.8) is 0 Å². The fourth-order valence-corrected chi connectivity index (χ4v) is 2.84. The third-order valence-electron chi connectivity index (χ3n) is 3.94. The van der Waals surface area contributed by atoms with Gasteiger partial charge in [-0.3, -0.25) is 0 Å². The molecule has 1 atom stereocenters. The molecule has 0 bridgehead atoms. The number of allylic oxidation sites excluding steroid dienone is 2. The van der Waals surface area contributed by atoms with Gasteiger partial charge in [0.05, 0.1) is 7.41 Å². The van der Waals surface area contributed by atoms with Crippen molar-refractivity contribution in [2.45, 2.75) is 24.9 Å². The van der Waals surface area contributed by atoms with Crippen LogP contribution in [0.15, 0.2) is 43.1 Å². The van der Waals surface area contributed by atoms with Crippen LogP contribution in [0.3, 0.4) is 0 Å². The smallest absolute Gasteiger partial charge is 0.115 e. The van der Waals surface area contributed by atoms with Crippen molar-refractivity contribution in [3.05, 3.63) is 48.7 Å². The predicted molar refractivity (Wildman–Crippen MR) is 75.4 cm³/mol. The van der Waals surface area contributed by atoms with E-state index in [1.807, 2.05) is 6.08 Å². The Kier molecular flexibility index (Phi) is 3.25. The van der Waals surface area contributed by atoms with Crippen molar-refractivity contribution in [2.24, 2.45) is 0 Å². The quantitative estimate of drug-likeness (QED) is 0.811. The SMILES string of the molecule is [2H]c1ncncc1C1C=CC=CN1C1CCN(C)CC1. The maximum absolute atomic E-state index is 8.00. The van der Waals surface area contributed by atoms with Crippen LogP contribution in [0, 0.1) is 0 Å². The summed E-state index contributed by atoms with van der Waals surface area (Å²) in [6, 6.07) is 0.610. The van der Waals surface area contributed by atoms with Gasteiger partial charge in [0.2, 0.25) is 0 Å². The molecule has 1 unspecified atom stereocenters. The molecule has 4 heteroatoms. The molecular weight excluding hydrogens is 236 g/mol. The summed E-state index contributed by atoms with van der Waals surface area (Å²) in [5.74, 6) is 0. The van der Waals surface area contributed by atoms with Gasteiger partial charge in [-0.1, -0.05) is 12.2 Å². The van der Waals surface area contributed by atoms with Crippen molar-refractivity contribution in [1.82, 2.24) is 19.8 Å². The summed E-state index contributed by atoms with van der Waals surface area (Å²) in [6.07, 6.45) is 14.2. The summed E-state index contributed by atoms with van der Waals surface area (Å²) in [5, 5.41) is 0. The van der Waals surface area contributed by atoms with Gasteiger partial charge in [-0.05, 0) is 39.1 Å². The molecule has 0 N–H and O–H groups in total. The first-order valence-corrected chi connectivity index (χ1v) is 6.83. The molecule has 3 heterocycles. The predicted octanol–water partition coefficient (Wildman–Crippen LogP) is 2.00. The van der Waals surface area contributed by atoms with E-state index in [9.17, 15) is 0 Å². The minimum atomic E-state index is 0.0853. The fourth-order valence-electron chi connectivity index (χ4n) is 2.84. The van der Waals surface area contributed by atoms with Crippen molar-refractivity contribution >= 4 is 0 Å². The minimum Gasteiger partial charge on any atom is -0.364 e. The molecule has 0 amide bonds. The van der Waals surface area contributed by atoms with Gasteiger partial charge in [0.1, 0.15) is 6.33 Å². The number of nitrogens with zero attached hydrogens (tertiary/aromatic N) is 4. The van der Waals surface area contributed by atoms with E-state index < -0.39 is 0 Å². The zero-order valence-corrected chi connectivity index (χ0v) is 11.2. The summed E-state index contributed by atoms with van der Waals surface area (Å²) in [7, 11) is 2.17. The number of hydrogen-bond donors (Lipinski definition) is 0. The van der Waals surface area contributed by atoms with Crippen molar-refractivity contribution in [3.8, 4) is 0 Å². The molecule has 0 aromatic carbocycles. The van der Waals surface area contributed by atoms with Gasteiger partial charge in [0, 0.05) is 30.2 Å². The lowest BCUT2D eigenvalue weighted by Gasteiger charge is -2.41. The normalized spacial score (nSPS) is 25.6. The lowest BCUT2D eigenvalue weighted by atomic mass is 9.98. The van der Waals surface area contributed by atoms with Gasteiger partial charge in [-0.15, -0.1) is 0 Å². The van der Waals surface area contributed by atoms with Crippen LogP contribution in [0.2, 0.25) is 0 Å². The maximum Gasteiger partial charge on any atom is 0.115 e.